The van der Waals surface area contributed by atoms with Crippen molar-refractivity contribution in [3.8, 4) is 0 Å². The Morgan fingerprint density at radius 3 is 2.55 bits per heavy atom. The molecule has 1 N–H and O–H groups in total. The van der Waals surface area contributed by atoms with E-state index >= 15 is 0 Å². The Kier molecular flexibility index (Phi) is 5.41. The zero-order chi connectivity index (χ0) is 16.1. The van der Waals surface area contributed by atoms with Crippen molar-refractivity contribution in [3.63, 3.8) is 0 Å². The van der Waals surface area contributed by atoms with Gasteiger partial charge in [-0.25, -0.2) is 0 Å². The maximum Gasteiger partial charge on any atom is 0.269 e. The average molecular weight is 337 g/mol. The van der Waals surface area contributed by atoms with Gasteiger partial charge in [0.25, 0.3) is 5.69 Å². The van der Waals surface area contributed by atoms with Crippen molar-refractivity contribution < 1.29 is 9.72 Å². The highest BCUT2D eigenvalue weighted by molar-refractivity contribution is 8.00. The third kappa shape index (κ3) is 4.47. The van der Waals surface area contributed by atoms with E-state index in [0.717, 1.165) is 4.90 Å². The second-order valence-corrected chi connectivity index (χ2v) is 6.03. The predicted octanol–water partition coefficient (Wildman–Crippen LogP) is 4.29. The van der Waals surface area contributed by atoms with E-state index in [2.05, 4.69) is 5.32 Å². The van der Waals surface area contributed by atoms with Crippen LogP contribution in [-0.2, 0) is 4.79 Å². The van der Waals surface area contributed by atoms with Crippen LogP contribution in [0.15, 0.2) is 47.4 Å². The van der Waals surface area contributed by atoms with Gasteiger partial charge >= 0.3 is 0 Å². The fraction of sp³-hybridized carbons (Fsp3) is 0.133. The summed E-state index contributed by atoms with van der Waals surface area (Å²) in [6, 6.07) is 11.6. The smallest absolute Gasteiger partial charge is 0.269 e. The zero-order valence-corrected chi connectivity index (χ0v) is 13.3. The van der Waals surface area contributed by atoms with Crippen LogP contribution in [0.5, 0.6) is 0 Å². The average Bonchev–Trinajstić information content (AvgIpc) is 2.48. The molecule has 0 bridgehead atoms. The summed E-state index contributed by atoms with van der Waals surface area (Å²) in [5, 5.41) is 14.1. The van der Waals surface area contributed by atoms with Gasteiger partial charge in [-0.05, 0) is 42.8 Å². The molecule has 0 aliphatic heterocycles. The van der Waals surface area contributed by atoms with E-state index in [9.17, 15) is 14.9 Å². The molecule has 0 heterocycles. The topological polar surface area (TPSA) is 72.2 Å². The number of carbonyl (C=O) groups is 1. The molecule has 0 aliphatic rings. The molecule has 0 unspecified atom stereocenters. The molecule has 0 spiro atoms. The molecule has 0 saturated carbocycles. The lowest BCUT2D eigenvalue weighted by Crippen LogP contribution is -2.14. The van der Waals surface area contributed by atoms with E-state index in [1.54, 1.807) is 25.1 Å². The van der Waals surface area contributed by atoms with E-state index in [-0.39, 0.29) is 17.3 Å². The summed E-state index contributed by atoms with van der Waals surface area (Å²) in [5.41, 5.74) is 1.23. The fourth-order valence-electron chi connectivity index (χ4n) is 1.77. The first-order valence-corrected chi connectivity index (χ1v) is 7.75. The number of hydrogen-bond donors (Lipinski definition) is 1. The number of halogens is 1. The van der Waals surface area contributed by atoms with Crippen LogP contribution in [0.1, 0.15) is 5.56 Å². The van der Waals surface area contributed by atoms with Gasteiger partial charge < -0.3 is 5.32 Å². The lowest BCUT2D eigenvalue weighted by Gasteiger charge is -2.08. The van der Waals surface area contributed by atoms with Crippen molar-refractivity contribution in [2.75, 3.05) is 11.1 Å². The molecular weight excluding hydrogens is 324 g/mol. The Hall–Kier alpha value is -2.05. The molecule has 1 amide bonds. The number of nitrogens with zero attached hydrogens (tertiary/aromatic N) is 1. The second-order valence-electron chi connectivity index (χ2n) is 4.55. The number of nitro groups is 1. The van der Waals surface area contributed by atoms with E-state index in [0.29, 0.717) is 16.3 Å². The Bertz CT molecular complexity index is 704. The van der Waals surface area contributed by atoms with Crippen LogP contribution in [0.4, 0.5) is 11.4 Å². The normalized spacial score (nSPS) is 10.3. The van der Waals surface area contributed by atoms with E-state index < -0.39 is 4.92 Å². The molecule has 2 aromatic rings. The van der Waals surface area contributed by atoms with Crippen LogP contribution in [0.2, 0.25) is 5.02 Å². The summed E-state index contributed by atoms with van der Waals surface area (Å²) < 4.78 is 0. The molecular formula is C15H13ClN2O3S. The Labute approximate surface area is 136 Å². The van der Waals surface area contributed by atoms with Crippen molar-refractivity contribution in [1.82, 2.24) is 0 Å². The van der Waals surface area contributed by atoms with E-state index in [4.69, 9.17) is 11.6 Å². The predicted molar refractivity (Wildman–Crippen MR) is 88.6 cm³/mol. The lowest BCUT2D eigenvalue weighted by molar-refractivity contribution is -0.384. The highest BCUT2D eigenvalue weighted by Gasteiger charge is 2.10. The number of aryl methyl sites for hydroxylation is 1. The molecule has 2 rings (SSSR count). The molecule has 22 heavy (non-hydrogen) atoms. The van der Waals surface area contributed by atoms with Crippen LogP contribution < -0.4 is 5.32 Å². The third-order valence-corrected chi connectivity index (χ3v) is 4.14. The standard InChI is InChI=1S/C15H13ClN2O3S/c1-10-8-12(18(20)21)4-7-14(10)17-15(19)9-22-13-5-2-11(16)3-6-13/h2-8H,9H2,1H3,(H,17,19). The van der Waals surface area contributed by atoms with Gasteiger partial charge in [0.15, 0.2) is 0 Å². The molecule has 0 aliphatic carbocycles. The van der Waals surface area contributed by atoms with E-state index in [1.807, 2.05) is 12.1 Å². The number of nitrogens with one attached hydrogen (secondary N) is 1. The van der Waals surface area contributed by atoms with Crippen LogP contribution in [0.25, 0.3) is 0 Å². The van der Waals surface area contributed by atoms with Crippen LogP contribution in [0.3, 0.4) is 0 Å². The summed E-state index contributed by atoms with van der Waals surface area (Å²) >= 11 is 7.19. The van der Waals surface area contributed by atoms with Gasteiger partial charge in [0.05, 0.1) is 10.7 Å². The molecule has 0 atom stereocenters. The number of carbonyl (C=O) groups excluding carboxylic acids is 1. The summed E-state index contributed by atoms with van der Waals surface area (Å²) in [4.78, 5) is 23.1. The van der Waals surface area contributed by atoms with Crippen LogP contribution in [-0.4, -0.2) is 16.6 Å². The molecule has 0 radical (unpaired) electrons. The maximum atomic E-state index is 11.9. The molecule has 0 fully saturated rings. The number of benzene rings is 2. The first kappa shape index (κ1) is 16.3. The van der Waals surface area contributed by atoms with Gasteiger partial charge in [-0.3, -0.25) is 14.9 Å². The minimum atomic E-state index is -0.463. The number of rotatable bonds is 5. The van der Waals surface area contributed by atoms with Crippen molar-refractivity contribution in [2.24, 2.45) is 0 Å². The zero-order valence-electron chi connectivity index (χ0n) is 11.7. The molecule has 0 aromatic heterocycles. The van der Waals surface area contributed by atoms with Crippen molar-refractivity contribution in [1.29, 1.82) is 0 Å². The molecule has 5 nitrogen and oxygen atoms in total. The minimum absolute atomic E-state index is 0.00559. The van der Waals surface area contributed by atoms with Gasteiger partial charge in [0.2, 0.25) is 5.91 Å². The highest BCUT2D eigenvalue weighted by atomic mass is 35.5. The van der Waals surface area contributed by atoms with Gasteiger partial charge in [0, 0.05) is 27.7 Å². The monoisotopic (exact) mass is 336 g/mol. The molecule has 114 valence electrons. The SMILES string of the molecule is Cc1cc([N+](=O)[O-])ccc1NC(=O)CSc1ccc(Cl)cc1. The number of nitro benzene ring substituents is 1. The molecule has 7 heteroatoms. The number of hydrogen-bond acceptors (Lipinski definition) is 4. The van der Waals surface area contributed by atoms with Crippen molar-refractivity contribution in [2.45, 2.75) is 11.8 Å². The summed E-state index contributed by atoms with van der Waals surface area (Å²) in [6.07, 6.45) is 0. The van der Waals surface area contributed by atoms with E-state index in [1.165, 1.54) is 23.9 Å². The van der Waals surface area contributed by atoms with Crippen LogP contribution in [0, 0.1) is 17.0 Å². The summed E-state index contributed by atoms with van der Waals surface area (Å²) in [6.45, 7) is 1.72. The number of thioether (sulfide) groups is 1. The third-order valence-electron chi connectivity index (χ3n) is 2.88. The Morgan fingerprint density at radius 2 is 1.95 bits per heavy atom. The van der Waals surface area contributed by atoms with Crippen LogP contribution >= 0.6 is 23.4 Å². The van der Waals surface area contributed by atoms with Gasteiger partial charge in [-0.15, -0.1) is 11.8 Å². The summed E-state index contributed by atoms with van der Waals surface area (Å²) in [7, 11) is 0. The van der Waals surface area contributed by atoms with Crippen molar-refractivity contribution in [3.05, 3.63) is 63.2 Å². The number of amides is 1. The number of anilines is 1. The number of non-ortho nitro benzene ring substituents is 1. The molecule has 2 aromatic carbocycles. The lowest BCUT2D eigenvalue weighted by atomic mass is 10.2. The van der Waals surface area contributed by atoms with Crippen molar-refractivity contribution >= 4 is 40.6 Å². The quantitative estimate of drug-likeness (QED) is 0.502. The van der Waals surface area contributed by atoms with Gasteiger partial charge in [0.1, 0.15) is 0 Å². The maximum absolute atomic E-state index is 11.9. The Morgan fingerprint density at radius 1 is 1.27 bits per heavy atom. The first-order chi connectivity index (χ1) is 10.5. The first-order valence-electron chi connectivity index (χ1n) is 6.39. The fourth-order valence-corrected chi connectivity index (χ4v) is 2.59. The van der Waals surface area contributed by atoms with Gasteiger partial charge in [-0.2, -0.15) is 0 Å². The Balaban J connectivity index is 1.94. The molecule has 0 saturated heterocycles. The largest absolute Gasteiger partial charge is 0.325 e. The summed E-state index contributed by atoms with van der Waals surface area (Å²) in [5.74, 6) is 0.0785. The highest BCUT2D eigenvalue weighted by Crippen LogP contribution is 2.23. The second kappa shape index (κ2) is 7.29. The van der Waals surface area contributed by atoms with Gasteiger partial charge in [-0.1, -0.05) is 11.6 Å². The minimum Gasteiger partial charge on any atom is -0.325 e.